The number of aromatic hydroxyl groups is 1. The van der Waals surface area contributed by atoms with Crippen molar-refractivity contribution in [3.63, 3.8) is 0 Å². The van der Waals surface area contributed by atoms with Crippen LogP contribution in [0, 0.1) is 10.1 Å². The van der Waals surface area contributed by atoms with E-state index in [2.05, 4.69) is 15.9 Å². The van der Waals surface area contributed by atoms with Gasteiger partial charge in [-0.3, -0.25) is 19.8 Å². The van der Waals surface area contributed by atoms with Crippen LogP contribution in [0.1, 0.15) is 5.56 Å². The van der Waals surface area contributed by atoms with Gasteiger partial charge >= 0.3 is 0 Å². The third-order valence-corrected chi connectivity index (χ3v) is 5.59. The van der Waals surface area contributed by atoms with Gasteiger partial charge in [0.2, 0.25) is 0 Å². The zero-order valence-electron chi connectivity index (χ0n) is 13.7. The maximum absolute atomic E-state index is 12.8. The summed E-state index contributed by atoms with van der Waals surface area (Å²) in [5.74, 6) is -0.100. The Labute approximate surface area is 171 Å². The number of rotatable bonds is 4. The van der Waals surface area contributed by atoms with Crippen LogP contribution < -0.4 is 9.64 Å². The molecule has 0 aromatic heterocycles. The van der Waals surface area contributed by atoms with Crippen LogP contribution in [0.25, 0.3) is 6.08 Å². The van der Waals surface area contributed by atoms with Gasteiger partial charge in [0.1, 0.15) is 0 Å². The quantitative estimate of drug-likeness (QED) is 0.307. The molecule has 1 heterocycles. The fraction of sp³-hybridized carbons (Fsp3) is 0.0588. The Morgan fingerprint density at radius 2 is 2.00 bits per heavy atom. The molecule has 0 bridgehead atoms. The summed E-state index contributed by atoms with van der Waals surface area (Å²) >= 11 is 9.65. The first-order chi connectivity index (χ1) is 12.8. The molecule has 1 aliphatic rings. The summed E-state index contributed by atoms with van der Waals surface area (Å²) in [6.07, 6.45) is 1.64. The van der Waals surface area contributed by atoms with Gasteiger partial charge in [-0.2, -0.15) is 0 Å². The number of thiocarbonyl (C=S) groups is 1. The van der Waals surface area contributed by atoms with E-state index in [-0.39, 0.29) is 23.1 Å². The van der Waals surface area contributed by atoms with Crippen molar-refractivity contribution >= 4 is 67.6 Å². The van der Waals surface area contributed by atoms with Crippen LogP contribution in [0.5, 0.6) is 11.5 Å². The molecule has 7 nitrogen and oxygen atoms in total. The van der Waals surface area contributed by atoms with Crippen LogP contribution in [-0.2, 0) is 4.79 Å². The lowest BCUT2D eigenvalue weighted by Crippen LogP contribution is -2.27. The molecule has 0 radical (unpaired) electrons. The Hall–Kier alpha value is -2.43. The zero-order valence-corrected chi connectivity index (χ0v) is 16.9. The lowest BCUT2D eigenvalue weighted by Gasteiger charge is -2.14. The van der Waals surface area contributed by atoms with Gasteiger partial charge in [-0.05, 0) is 51.8 Å². The van der Waals surface area contributed by atoms with Crippen molar-refractivity contribution in [1.29, 1.82) is 0 Å². The molecular weight excluding hydrogens is 456 g/mol. The number of anilines is 1. The summed E-state index contributed by atoms with van der Waals surface area (Å²) in [6, 6.07) is 8.84. The topological polar surface area (TPSA) is 92.9 Å². The second-order valence-electron chi connectivity index (χ2n) is 5.34. The van der Waals surface area contributed by atoms with Crippen LogP contribution in [0.15, 0.2) is 45.8 Å². The van der Waals surface area contributed by atoms with Crippen LogP contribution in [0.4, 0.5) is 11.4 Å². The Kier molecular flexibility index (Phi) is 5.49. The Morgan fingerprint density at radius 1 is 1.33 bits per heavy atom. The van der Waals surface area contributed by atoms with E-state index in [1.54, 1.807) is 18.2 Å². The molecule has 0 unspecified atom stereocenters. The van der Waals surface area contributed by atoms with Gasteiger partial charge in [0.25, 0.3) is 11.6 Å². The molecule has 1 saturated heterocycles. The average molecular weight is 467 g/mol. The van der Waals surface area contributed by atoms with E-state index in [1.165, 1.54) is 36.3 Å². The van der Waals surface area contributed by atoms with Crippen LogP contribution in [-0.4, -0.2) is 27.4 Å². The van der Waals surface area contributed by atoms with Gasteiger partial charge < -0.3 is 9.84 Å². The minimum absolute atomic E-state index is 0.0342. The fourth-order valence-electron chi connectivity index (χ4n) is 2.40. The van der Waals surface area contributed by atoms with Crippen LogP contribution >= 0.6 is 39.9 Å². The van der Waals surface area contributed by atoms with Crippen LogP contribution in [0.3, 0.4) is 0 Å². The lowest BCUT2D eigenvalue weighted by molar-refractivity contribution is -0.384. The van der Waals surface area contributed by atoms with E-state index in [9.17, 15) is 20.0 Å². The molecule has 0 aliphatic carbocycles. The third-order valence-electron chi connectivity index (χ3n) is 3.68. The summed E-state index contributed by atoms with van der Waals surface area (Å²) in [5.41, 5.74) is 1.03. The molecule has 0 atom stereocenters. The Morgan fingerprint density at radius 3 is 2.59 bits per heavy atom. The number of benzene rings is 2. The summed E-state index contributed by atoms with van der Waals surface area (Å²) in [5, 5.41) is 20.7. The molecule has 1 amide bonds. The van der Waals surface area contributed by atoms with Gasteiger partial charge in [0.15, 0.2) is 15.8 Å². The molecule has 2 aromatic carbocycles. The third kappa shape index (κ3) is 3.82. The first kappa shape index (κ1) is 19.3. The van der Waals surface area contributed by atoms with E-state index in [1.807, 2.05) is 0 Å². The second kappa shape index (κ2) is 7.67. The number of amides is 1. The van der Waals surface area contributed by atoms with Gasteiger partial charge in [0.05, 0.1) is 27.1 Å². The minimum atomic E-state index is -0.510. The first-order valence-electron chi connectivity index (χ1n) is 7.40. The normalized spacial score (nSPS) is 15.5. The molecule has 2 aromatic rings. The van der Waals surface area contributed by atoms with Crippen molar-refractivity contribution in [2.75, 3.05) is 12.0 Å². The van der Waals surface area contributed by atoms with E-state index in [0.717, 1.165) is 11.8 Å². The number of phenolic OH excluding ortho intramolecular Hbond substituents is 1. The van der Waals surface area contributed by atoms with E-state index in [0.29, 0.717) is 24.9 Å². The summed E-state index contributed by atoms with van der Waals surface area (Å²) in [6.45, 7) is 0. The van der Waals surface area contributed by atoms with Gasteiger partial charge in [-0.25, -0.2) is 0 Å². The molecule has 1 N–H and O–H groups in total. The highest BCUT2D eigenvalue weighted by Gasteiger charge is 2.33. The SMILES string of the molecule is COc1cc(/C=C2\SC(=S)N(c3ccc([N+](=O)[O-])cc3)C2=O)cc(Br)c1O. The fourth-order valence-corrected chi connectivity index (χ4v) is 4.16. The monoisotopic (exact) mass is 466 g/mol. The molecular formula is C17H11BrN2O5S2. The predicted octanol–water partition coefficient (Wildman–Crippen LogP) is 4.48. The van der Waals surface area contributed by atoms with E-state index < -0.39 is 4.92 Å². The number of halogens is 1. The largest absolute Gasteiger partial charge is 0.503 e. The maximum atomic E-state index is 12.8. The minimum Gasteiger partial charge on any atom is -0.503 e. The number of phenols is 1. The molecule has 3 rings (SSSR count). The summed E-state index contributed by atoms with van der Waals surface area (Å²) in [4.78, 5) is 24.7. The second-order valence-corrected chi connectivity index (χ2v) is 7.87. The molecule has 1 aliphatic heterocycles. The summed E-state index contributed by atoms with van der Waals surface area (Å²) in [7, 11) is 1.43. The van der Waals surface area contributed by atoms with E-state index in [4.69, 9.17) is 17.0 Å². The highest BCUT2D eigenvalue weighted by atomic mass is 79.9. The molecule has 0 saturated carbocycles. The molecule has 0 spiro atoms. The standard InChI is InChI=1S/C17H11BrN2O5S2/c1-25-13-7-9(6-12(18)15(13)21)8-14-16(22)19(17(26)27-14)10-2-4-11(5-3-10)20(23)24/h2-8,21H,1H3/b14-8-. The van der Waals surface area contributed by atoms with Crippen molar-refractivity contribution in [3.05, 3.63) is 61.5 Å². The van der Waals surface area contributed by atoms with Gasteiger partial charge in [-0.15, -0.1) is 0 Å². The number of hydrogen-bond donors (Lipinski definition) is 1. The highest BCUT2D eigenvalue weighted by molar-refractivity contribution is 9.10. The van der Waals surface area contributed by atoms with E-state index >= 15 is 0 Å². The molecule has 27 heavy (non-hydrogen) atoms. The number of methoxy groups -OCH3 is 1. The number of hydrogen-bond acceptors (Lipinski definition) is 7. The smallest absolute Gasteiger partial charge is 0.270 e. The lowest BCUT2D eigenvalue weighted by atomic mass is 10.2. The number of carbonyl (C=O) groups excluding carboxylic acids is 1. The molecule has 1 fully saturated rings. The van der Waals surface area contributed by atoms with Crippen molar-refractivity contribution in [3.8, 4) is 11.5 Å². The predicted molar refractivity (Wildman–Crippen MR) is 111 cm³/mol. The average Bonchev–Trinajstić information content (AvgIpc) is 2.91. The van der Waals surface area contributed by atoms with Gasteiger partial charge in [-0.1, -0.05) is 24.0 Å². The van der Waals surface area contributed by atoms with Crippen LogP contribution in [0.2, 0.25) is 0 Å². The van der Waals surface area contributed by atoms with Crippen molar-refractivity contribution in [2.24, 2.45) is 0 Å². The number of thioether (sulfide) groups is 1. The number of carbonyl (C=O) groups is 1. The highest BCUT2D eigenvalue weighted by Crippen LogP contribution is 2.39. The molecule has 10 heteroatoms. The Bertz CT molecular complexity index is 992. The number of nitro benzene ring substituents is 1. The zero-order chi connectivity index (χ0) is 19.7. The number of nitro groups is 1. The number of ether oxygens (including phenoxy) is 1. The summed E-state index contributed by atoms with van der Waals surface area (Å²) < 4.78 is 5.86. The first-order valence-corrected chi connectivity index (χ1v) is 9.42. The van der Waals surface area contributed by atoms with Crippen molar-refractivity contribution in [2.45, 2.75) is 0 Å². The number of non-ortho nitro benzene ring substituents is 1. The number of nitrogens with zero attached hydrogens (tertiary/aromatic N) is 2. The van der Waals surface area contributed by atoms with Crippen molar-refractivity contribution < 1.29 is 19.6 Å². The van der Waals surface area contributed by atoms with Gasteiger partial charge in [0, 0.05) is 12.1 Å². The Balaban J connectivity index is 1.93. The molecule has 138 valence electrons. The van der Waals surface area contributed by atoms with Crippen molar-refractivity contribution in [1.82, 2.24) is 0 Å². The maximum Gasteiger partial charge on any atom is 0.270 e.